The van der Waals surface area contributed by atoms with Gasteiger partial charge in [0.15, 0.2) is 0 Å². The molecule has 2 aromatic rings. The van der Waals surface area contributed by atoms with E-state index in [0.29, 0.717) is 15.6 Å². The number of hydrogen-bond acceptors (Lipinski definition) is 3. The van der Waals surface area contributed by atoms with Gasteiger partial charge in [0.2, 0.25) is 0 Å². The number of hydrogen-bond donors (Lipinski definition) is 1. The Morgan fingerprint density at radius 3 is 2.48 bits per heavy atom. The zero-order valence-corrected chi connectivity index (χ0v) is 20.8. The van der Waals surface area contributed by atoms with Crippen molar-refractivity contribution < 1.29 is 9.50 Å². The van der Waals surface area contributed by atoms with Crippen molar-refractivity contribution in [3.05, 3.63) is 75.0 Å². The van der Waals surface area contributed by atoms with Crippen molar-refractivity contribution in [1.82, 2.24) is 9.80 Å². The molecule has 1 heterocycles. The lowest BCUT2D eigenvalue weighted by atomic mass is 9.74. The van der Waals surface area contributed by atoms with Gasteiger partial charge in [-0.2, -0.15) is 0 Å². The van der Waals surface area contributed by atoms with Crippen molar-refractivity contribution in [3.8, 4) is 0 Å². The maximum Gasteiger partial charge on any atom is 0.128 e. The molecule has 2 fully saturated rings. The average Bonchev–Trinajstić information content (AvgIpc) is 2.93. The second kappa shape index (κ2) is 10.9. The number of rotatable bonds is 5. The van der Waals surface area contributed by atoms with Crippen LogP contribution in [0.1, 0.15) is 36.8 Å². The molecular weight excluding hydrogens is 458 g/mol. The van der Waals surface area contributed by atoms with Gasteiger partial charge in [-0.25, -0.2) is 4.39 Å². The smallest absolute Gasteiger partial charge is 0.128 e. The SMILES string of the molecule is CN1CCN(CC2CCCCC(=Cc3ccc(Cl)cc3)C2(O)Cc2c(F)cccc2Cl)CC1. The lowest BCUT2D eigenvalue weighted by molar-refractivity contribution is -0.00696. The monoisotopic (exact) mass is 490 g/mol. The van der Waals surface area contributed by atoms with Crippen LogP contribution in [0.3, 0.4) is 0 Å². The summed E-state index contributed by atoms with van der Waals surface area (Å²) in [5.74, 6) is -0.359. The quantitative estimate of drug-likeness (QED) is 0.526. The first-order chi connectivity index (χ1) is 15.8. The molecule has 1 saturated heterocycles. The predicted octanol–water partition coefficient (Wildman–Crippen LogP) is 5.93. The van der Waals surface area contributed by atoms with Gasteiger partial charge < -0.3 is 14.9 Å². The van der Waals surface area contributed by atoms with E-state index in [1.165, 1.54) is 6.07 Å². The van der Waals surface area contributed by atoms with Crippen LogP contribution in [0.15, 0.2) is 48.0 Å². The van der Waals surface area contributed by atoms with Gasteiger partial charge in [0.1, 0.15) is 5.82 Å². The molecule has 4 rings (SSSR count). The second-order valence-electron chi connectivity index (χ2n) is 9.57. The highest BCUT2D eigenvalue weighted by molar-refractivity contribution is 6.31. The average molecular weight is 491 g/mol. The molecule has 0 radical (unpaired) electrons. The van der Waals surface area contributed by atoms with Crippen molar-refractivity contribution >= 4 is 29.3 Å². The van der Waals surface area contributed by atoms with Crippen LogP contribution in [0.2, 0.25) is 10.0 Å². The lowest BCUT2D eigenvalue weighted by Gasteiger charge is -2.42. The molecule has 1 aliphatic heterocycles. The van der Waals surface area contributed by atoms with Crippen LogP contribution in [0.25, 0.3) is 6.08 Å². The van der Waals surface area contributed by atoms with Gasteiger partial charge in [-0.05, 0) is 61.7 Å². The van der Waals surface area contributed by atoms with Crippen LogP contribution in [-0.4, -0.2) is 60.3 Å². The summed E-state index contributed by atoms with van der Waals surface area (Å²) in [5, 5.41) is 13.5. The first-order valence-electron chi connectivity index (χ1n) is 11.9. The number of likely N-dealkylation sites (N-methyl/N-ethyl adjacent to an activating group) is 1. The van der Waals surface area contributed by atoms with E-state index >= 15 is 0 Å². The Bertz CT molecular complexity index is 952. The predicted molar refractivity (Wildman–Crippen MR) is 135 cm³/mol. The van der Waals surface area contributed by atoms with Crippen LogP contribution in [0.4, 0.5) is 4.39 Å². The molecule has 178 valence electrons. The first kappa shape index (κ1) is 24.7. The van der Waals surface area contributed by atoms with Gasteiger partial charge in [0, 0.05) is 60.7 Å². The molecule has 0 spiro atoms. The van der Waals surface area contributed by atoms with Crippen LogP contribution in [0, 0.1) is 11.7 Å². The molecule has 0 amide bonds. The van der Waals surface area contributed by atoms with Crippen LogP contribution in [0.5, 0.6) is 0 Å². The fourth-order valence-corrected chi connectivity index (χ4v) is 5.55. The highest BCUT2D eigenvalue weighted by Gasteiger charge is 2.43. The zero-order chi connectivity index (χ0) is 23.4. The number of nitrogens with zero attached hydrogens (tertiary/aromatic N) is 2. The summed E-state index contributed by atoms with van der Waals surface area (Å²) in [6.07, 6.45) is 6.00. The first-order valence-corrected chi connectivity index (χ1v) is 12.6. The molecule has 2 aromatic carbocycles. The fraction of sp³-hybridized carbons (Fsp3) is 0.481. The van der Waals surface area contributed by atoms with E-state index < -0.39 is 5.60 Å². The summed E-state index contributed by atoms with van der Waals surface area (Å²) in [4.78, 5) is 4.78. The standard InChI is InChI=1S/C27H33Cl2FN2O/c1-31-13-15-32(16-14-31)19-22-6-3-2-5-21(17-20-9-11-23(28)12-10-20)27(22,33)18-24-25(29)7-4-8-26(24)30/h4,7-12,17,22,33H,2-3,5-6,13-16,18-19H2,1H3. The summed E-state index contributed by atoms with van der Waals surface area (Å²) < 4.78 is 14.9. The van der Waals surface area contributed by atoms with E-state index in [4.69, 9.17) is 23.2 Å². The summed E-state index contributed by atoms with van der Waals surface area (Å²) in [7, 11) is 2.15. The molecule has 0 bridgehead atoms. The summed E-state index contributed by atoms with van der Waals surface area (Å²) in [6.45, 7) is 4.82. The van der Waals surface area contributed by atoms with Gasteiger partial charge in [0.05, 0.1) is 5.60 Å². The summed E-state index contributed by atoms with van der Waals surface area (Å²) >= 11 is 12.5. The molecule has 0 aromatic heterocycles. The fourth-order valence-electron chi connectivity index (χ4n) is 5.19. The summed E-state index contributed by atoms with van der Waals surface area (Å²) in [6, 6.07) is 12.4. The van der Waals surface area contributed by atoms with E-state index in [2.05, 4.69) is 22.9 Å². The zero-order valence-electron chi connectivity index (χ0n) is 19.2. The highest BCUT2D eigenvalue weighted by atomic mass is 35.5. The topological polar surface area (TPSA) is 26.7 Å². The number of piperazine rings is 1. The maximum atomic E-state index is 14.9. The van der Waals surface area contributed by atoms with Gasteiger partial charge in [-0.3, -0.25) is 0 Å². The minimum absolute atomic E-state index is 0.00220. The van der Waals surface area contributed by atoms with Gasteiger partial charge in [0.25, 0.3) is 0 Å². The normalized spacial score (nSPS) is 26.5. The minimum atomic E-state index is -1.18. The Morgan fingerprint density at radius 1 is 1.06 bits per heavy atom. The lowest BCUT2D eigenvalue weighted by Crippen LogP contribution is -2.51. The maximum absolute atomic E-state index is 14.9. The minimum Gasteiger partial charge on any atom is -0.385 e. The Hall–Kier alpha value is -1.43. The molecule has 2 aliphatic rings. The molecule has 3 nitrogen and oxygen atoms in total. The third kappa shape index (κ3) is 5.98. The second-order valence-corrected chi connectivity index (χ2v) is 10.4. The molecular formula is C27H33Cl2FN2O. The third-order valence-corrected chi connectivity index (χ3v) is 7.88. The van der Waals surface area contributed by atoms with Crippen LogP contribution < -0.4 is 0 Å². The van der Waals surface area contributed by atoms with Crippen molar-refractivity contribution in [2.75, 3.05) is 39.8 Å². The summed E-state index contributed by atoms with van der Waals surface area (Å²) in [5.41, 5.74) is 1.17. The van der Waals surface area contributed by atoms with Gasteiger partial charge in [-0.15, -0.1) is 0 Å². The van der Waals surface area contributed by atoms with Crippen molar-refractivity contribution in [1.29, 1.82) is 0 Å². The largest absolute Gasteiger partial charge is 0.385 e. The van der Waals surface area contributed by atoms with E-state index in [0.717, 1.165) is 69.5 Å². The Kier molecular flexibility index (Phi) is 8.14. The van der Waals surface area contributed by atoms with Crippen molar-refractivity contribution in [3.63, 3.8) is 0 Å². The highest BCUT2D eigenvalue weighted by Crippen LogP contribution is 2.42. The van der Waals surface area contributed by atoms with E-state index in [-0.39, 0.29) is 18.2 Å². The number of aliphatic hydroxyl groups is 1. The van der Waals surface area contributed by atoms with E-state index in [9.17, 15) is 9.50 Å². The number of halogens is 3. The number of benzene rings is 2. The molecule has 1 aliphatic carbocycles. The molecule has 1 N–H and O–H groups in total. The molecule has 2 unspecified atom stereocenters. The molecule has 1 saturated carbocycles. The Morgan fingerprint density at radius 2 is 1.79 bits per heavy atom. The Labute approximate surface area is 206 Å². The van der Waals surface area contributed by atoms with E-state index in [1.807, 2.05) is 24.3 Å². The molecule has 33 heavy (non-hydrogen) atoms. The van der Waals surface area contributed by atoms with Crippen molar-refractivity contribution in [2.45, 2.75) is 37.7 Å². The Balaban J connectivity index is 1.72. The molecule has 6 heteroatoms. The van der Waals surface area contributed by atoms with Crippen LogP contribution in [-0.2, 0) is 6.42 Å². The van der Waals surface area contributed by atoms with Crippen LogP contribution >= 0.6 is 23.2 Å². The third-order valence-electron chi connectivity index (χ3n) is 7.27. The van der Waals surface area contributed by atoms with Gasteiger partial charge in [-0.1, -0.05) is 53.9 Å². The molecule has 2 atom stereocenters. The van der Waals surface area contributed by atoms with Crippen molar-refractivity contribution in [2.24, 2.45) is 5.92 Å². The van der Waals surface area contributed by atoms with Gasteiger partial charge >= 0.3 is 0 Å². The van der Waals surface area contributed by atoms with E-state index in [1.54, 1.807) is 12.1 Å².